The zero-order chi connectivity index (χ0) is 28.4. The standard InChI is InChI=1S/C34H37N3O3/c1-4-33(39)37-14-13-31(36-34(40)30(35)20-28-21(2)15-27(38)16-22(28)3)29-19-24(10-12-32(29)37)17-23-9-11-25-7-5-6-8-26(25)18-23/h5-12,15-16,18-19,30-31,38H,4,13-14,17,20,35H2,1-3H3,(H,36,40)/t30-,31+/m0/s1. The van der Waals surface area contributed by atoms with Crippen LogP contribution in [0.4, 0.5) is 5.69 Å². The molecule has 2 atom stereocenters. The molecule has 40 heavy (non-hydrogen) atoms. The lowest BCUT2D eigenvalue weighted by atomic mass is 9.91. The molecule has 4 aromatic carbocycles. The normalized spacial score (nSPS) is 15.5. The second-order valence-electron chi connectivity index (χ2n) is 10.9. The number of nitrogens with zero attached hydrogens (tertiary/aromatic N) is 1. The minimum Gasteiger partial charge on any atom is -0.508 e. The summed E-state index contributed by atoms with van der Waals surface area (Å²) in [6, 6.07) is 23.5. The first-order valence-electron chi connectivity index (χ1n) is 14.0. The number of hydrogen-bond acceptors (Lipinski definition) is 4. The Morgan fingerprint density at radius 3 is 2.38 bits per heavy atom. The highest BCUT2D eigenvalue weighted by Gasteiger charge is 2.30. The van der Waals surface area contributed by atoms with Crippen molar-refractivity contribution in [1.82, 2.24) is 5.32 Å². The molecule has 4 aromatic rings. The molecule has 1 heterocycles. The van der Waals surface area contributed by atoms with Gasteiger partial charge in [-0.05, 0) is 95.5 Å². The Bertz CT molecular complexity index is 1560. The zero-order valence-electron chi connectivity index (χ0n) is 23.4. The molecular weight excluding hydrogens is 498 g/mol. The van der Waals surface area contributed by atoms with Crippen LogP contribution in [-0.4, -0.2) is 29.5 Å². The van der Waals surface area contributed by atoms with Crippen LogP contribution in [0.1, 0.15) is 59.2 Å². The summed E-state index contributed by atoms with van der Waals surface area (Å²) in [5.74, 6) is 0.0579. The van der Waals surface area contributed by atoms with Gasteiger partial charge >= 0.3 is 0 Å². The van der Waals surface area contributed by atoms with E-state index in [1.54, 1.807) is 12.1 Å². The molecule has 0 aliphatic carbocycles. The minimum atomic E-state index is -0.735. The Kier molecular flexibility index (Phi) is 7.90. The Morgan fingerprint density at radius 2 is 1.65 bits per heavy atom. The third-order valence-corrected chi connectivity index (χ3v) is 7.98. The fourth-order valence-electron chi connectivity index (χ4n) is 5.84. The molecule has 0 aromatic heterocycles. The van der Waals surface area contributed by atoms with Gasteiger partial charge < -0.3 is 21.1 Å². The Labute approximate surface area is 235 Å². The topological polar surface area (TPSA) is 95.7 Å². The molecule has 2 amide bonds. The average molecular weight is 536 g/mol. The predicted molar refractivity (Wildman–Crippen MR) is 161 cm³/mol. The molecule has 0 radical (unpaired) electrons. The van der Waals surface area contributed by atoms with Crippen molar-refractivity contribution in [3.05, 3.63) is 106 Å². The number of fused-ring (bicyclic) bond motifs is 2. The van der Waals surface area contributed by atoms with E-state index in [2.05, 4.69) is 47.8 Å². The van der Waals surface area contributed by atoms with E-state index in [0.717, 1.165) is 39.9 Å². The van der Waals surface area contributed by atoms with Gasteiger partial charge in [0.1, 0.15) is 5.75 Å². The predicted octanol–water partition coefficient (Wildman–Crippen LogP) is 5.63. The first-order chi connectivity index (χ1) is 19.2. The van der Waals surface area contributed by atoms with Gasteiger partial charge in [-0.1, -0.05) is 61.5 Å². The van der Waals surface area contributed by atoms with Crippen LogP contribution < -0.4 is 16.0 Å². The fourth-order valence-corrected chi connectivity index (χ4v) is 5.84. The van der Waals surface area contributed by atoms with E-state index in [0.29, 0.717) is 25.8 Å². The molecule has 0 unspecified atom stereocenters. The number of carbonyl (C=O) groups is 2. The van der Waals surface area contributed by atoms with Crippen LogP contribution in [0.2, 0.25) is 0 Å². The van der Waals surface area contributed by atoms with E-state index in [1.165, 1.54) is 16.3 Å². The summed E-state index contributed by atoms with van der Waals surface area (Å²) in [5.41, 5.74) is 13.3. The summed E-state index contributed by atoms with van der Waals surface area (Å²) >= 11 is 0. The molecule has 0 saturated heterocycles. The highest BCUT2D eigenvalue weighted by Crippen LogP contribution is 2.36. The van der Waals surface area contributed by atoms with Gasteiger partial charge in [-0.2, -0.15) is 0 Å². The summed E-state index contributed by atoms with van der Waals surface area (Å²) in [7, 11) is 0. The van der Waals surface area contributed by atoms with Crippen molar-refractivity contribution in [2.45, 2.75) is 58.5 Å². The van der Waals surface area contributed by atoms with Gasteiger partial charge in [0.25, 0.3) is 0 Å². The maximum Gasteiger partial charge on any atom is 0.237 e. The number of nitrogens with one attached hydrogen (secondary N) is 1. The number of anilines is 1. The number of benzene rings is 4. The van der Waals surface area contributed by atoms with Gasteiger partial charge in [-0.3, -0.25) is 9.59 Å². The molecule has 6 heteroatoms. The highest BCUT2D eigenvalue weighted by molar-refractivity contribution is 5.95. The molecule has 0 bridgehead atoms. The van der Waals surface area contributed by atoms with E-state index >= 15 is 0 Å². The molecule has 206 valence electrons. The summed E-state index contributed by atoms with van der Waals surface area (Å²) in [6.45, 7) is 6.25. The third kappa shape index (κ3) is 5.73. The lowest BCUT2D eigenvalue weighted by Crippen LogP contribution is -2.46. The van der Waals surface area contributed by atoms with Crippen LogP contribution >= 0.6 is 0 Å². The number of rotatable bonds is 7. The number of nitrogens with two attached hydrogens (primary N) is 1. The monoisotopic (exact) mass is 535 g/mol. The number of hydrogen-bond donors (Lipinski definition) is 3. The molecule has 0 spiro atoms. The molecule has 4 N–H and O–H groups in total. The van der Waals surface area contributed by atoms with Gasteiger partial charge in [0, 0.05) is 18.7 Å². The average Bonchev–Trinajstić information content (AvgIpc) is 2.94. The third-order valence-electron chi connectivity index (χ3n) is 7.98. The lowest BCUT2D eigenvalue weighted by molar-refractivity contribution is -0.123. The van der Waals surface area contributed by atoms with Gasteiger partial charge in [0.15, 0.2) is 0 Å². The van der Waals surface area contributed by atoms with Crippen molar-refractivity contribution in [2.24, 2.45) is 5.73 Å². The van der Waals surface area contributed by atoms with Crippen molar-refractivity contribution in [2.75, 3.05) is 11.4 Å². The summed E-state index contributed by atoms with van der Waals surface area (Å²) in [4.78, 5) is 27.9. The number of aryl methyl sites for hydroxylation is 2. The molecule has 1 aliphatic heterocycles. The summed E-state index contributed by atoms with van der Waals surface area (Å²) in [5, 5.41) is 15.5. The van der Waals surface area contributed by atoms with E-state index in [9.17, 15) is 14.7 Å². The number of amides is 2. The van der Waals surface area contributed by atoms with Crippen molar-refractivity contribution < 1.29 is 14.7 Å². The molecular formula is C34H37N3O3. The lowest BCUT2D eigenvalue weighted by Gasteiger charge is -2.35. The van der Waals surface area contributed by atoms with Crippen molar-refractivity contribution in [1.29, 1.82) is 0 Å². The van der Waals surface area contributed by atoms with E-state index in [-0.39, 0.29) is 23.6 Å². The molecule has 0 saturated carbocycles. The molecule has 0 fully saturated rings. The number of phenolic OH excluding ortho intramolecular Hbond substituents is 1. The summed E-state index contributed by atoms with van der Waals surface area (Å²) < 4.78 is 0. The van der Waals surface area contributed by atoms with Crippen LogP contribution in [0, 0.1) is 13.8 Å². The first-order valence-corrected chi connectivity index (χ1v) is 14.0. The van der Waals surface area contributed by atoms with E-state index in [1.807, 2.05) is 43.9 Å². The first kappa shape index (κ1) is 27.4. The highest BCUT2D eigenvalue weighted by atomic mass is 16.3. The Morgan fingerprint density at radius 1 is 0.975 bits per heavy atom. The van der Waals surface area contributed by atoms with Crippen LogP contribution in [-0.2, 0) is 22.4 Å². The van der Waals surface area contributed by atoms with Crippen LogP contribution in [0.15, 0.2) is 72.8 Å². The maximum atomic E-state index is 13.3. The minimum absolute atomic E-state index is 0.0725. The van der Waals surface area contributed by atoms with Gasteiger partial charge in [0.05, 0.1) is 12.1 Å². The van der Waals surface area contributed by atoms with Gasteiger partial charge in [0.2, 0.25) is 11.8 Å². The zero-order valence-corrected chi connectivity index (χ0v) is 23.4. The second kappa shape index (κ2) is 11.5. The largest absolute Gasteiger partial charge is 0.508 e. The number of carbonyl (C=O) groups excluding carboxylic acids is 2. The van der Waals surface area contributed by atoms with Gasteiger partial charge in [-0.15, -0.1) is 0 Å². The molecule has 5 rings (SSSR count). The van der Waals surface area contributed by atoms with Crippen molar-refractivity contribution >= 4 is 28.3 Å². The molecule has 1 aliphatic rings. The Balaban J connectivity index is 1.39. The second-order valence-corrected chi connectivity index (χ2v) is 10.9. The van der Waals surface area contributed by atoms with E-state index in [4.69, 9.17) is 5.73 Å². The van der Waals surface area contributed by atoms with Crippen LogP contribution in [0.25, 0.3) is 10.8 Å². The Hall–Kier alpha value is -4.16. The quantitative estimate of drug-likeness (QED) is 0.286. The van der Waals surface area contributed by atoms with Gasteiger partial charge in [-0.25, -0.2) is 0 Å². The summed E-state index contributed by atoms with van der Waals surface area (Å²) in [6.07, 6.45) is 2.17. The van der Waals surface area contributed by atoms with Crippen molar-refractivity contribution in [3.8, 4) is 5.75 Å². The molecule has 6 nitrogen and oxygen atoms in total. The van der Waals surface area contributed by atoms with Crippen LogP contribution in [0.3, 0.4) is 0 Å². The maximum absolute atomic E-state index is 13.3. The van der Waals surface area contributed by atoms with E-state index < -0.39 is 6.04 Å². The fraction of sp³-hybridized carbons (Fsp3) is 0.294. The van der Waals surface area contributed by atoms with Crippen molar-refractivity contribution in [3.63, 3.8) is 0 Å². The SMILES string of the molecule is CCC(=O)N1CC[C@@H](NC(=O)[C@@H](N)Cc2c(C)cc(O)cc2C)c2cc(Cc3ccc4ccccc4c3)ccc21. The number of aromatic hydroxyl groups is 1. The smallest absolute Gasteiger partial charge is 0.237 e. The van der Waals surface area contributed by atoms with Crippen LogP contribution in [0.5, 0.6) is 5.75 Å². The number of phenols is 1.